The SMILES string of the molecule is Cc1cc(=O)n(C(C)c2ccco2)c(C)c1C(=O)O. The van der Waals surface area contributed by atoms with Crippen molar-refractivity contribution in [3.63, 3.8) is 0 Å². The highest BCUT2D eigenvalue weighted by Gasteiger charge is 2.20. The third kappa shape index (κ3) is 2.19. The summed E-state index contributed by atoms with van der Waals surface area (Å²) in [5.41, 5.74) is 0.834. The lowest BCUT2D eigenvalue weighted by molar-refractivity contribution is 0.0694. The summed E-state index contributed by atoms with van der Waals surface area (Å²) in [5, 5.41) is 9.24. The zero-order valence-corrected chi connectivity index (χ0v) is 11.0. The van der Waals surface area contributed by atoms with Gasteiger partial charge in [0.05, 0.1) is 17.9 Å². The van der Waals surface area contributed by atoms with Gasteiger partial charge in [0.1, 0.15) is 5.76 Å². The van der Waals surface area contributed by atoms with E-state index in [1.54, 1.807) is 32.9 Å². The summed E-state index contributed by atoms with van der Waals surface area (Å²) < 4.78 is 6.72. The number of carbonyl (C=O) groups is 1. The number of furan rings is 1. The fourth-order valence-corrected chi connectivity index (χ4v) is 2.36. The highest BCUT2D eigenvalue weighted by atomic mass is 16.4. The minimum Gasteiger partial charge on any atom is -0.478 e. The van der Waals surface area contributed by atoms with Crippen LogP contribution in [0, 0.1) is 13.8 Å². The molecular weight excluding hydrogens is 246 g/mol. The van der Waals surface area contributed by atoms with Crippen LogP contribution < -0.4 is 5.56 Å². The van der Waals surface area contributed by atoms with Gasteiger partial charge >= 0.3 is 5.97 Å². The van der Waals surface area contributed by atoms with Crippen LogP contribution in [0.5, 0.6) is 0 Å². The van der Waals surface area contributed by atoms with Crippen molar-refractivity contribution in [3.05, 3.63) is 57.4 Å². The molecular formula is C14H15NO4. The molecule has 0 spiro atoms. The van der Waals surface area contributed by atoms with Gasteiger partial charge in [0.25, 0.3) is 5.56 Å². The largest absolute Gasteiger partial charge is 0.478 e. The first-order chi connectivity index (χ1) is 8.93. The van der Waals surface area contributed by atoms with Crippen molar-refractivity contribution >= 4 is 5.97 Å². The van der Waals surface area contributed by atoms with Gasteiger partial charge in [-0.1, -0.05) is 0 Å². The summed E-state index contributed by atoms with van der Waals surface area (Å²) in [5.74, 6) is -0.416. The highest BCUT2D eigenvalue weighted by molar-refractivity contribution is 5.90. The molecule has 0 radical (unpaired) electrons. The van der Waals surface area contributed by atoms with Crippen molar-refractivity contribution in [3.8, 4) is 0 Å². The van der Waals surface area contributed by atoms with Crippen molar-refractivity contribution in [1.82, 2.24) is 4.57 Å². The van der Waals surface area contributed by atoms with Gasteiger partial charge in [-0.3, -0.25) is 4.79 Å². The minimum atomic E-state index is -1.03. The Morgan fingerprint density at radius 1 is 1.42 bits per heavy atom. The van der Waals surface area contributed by atoms with Crippen molar-refractivity contribution in [2.24, 2.45) is 0 Å². The van der Waals surface area contributed by atoms with Crippen LogP contribution in [-0.4, -0.2) is 15.6 Å². The molecule has 0 bridgehead atoms. The number of nitrogens with zero attached hydrogens (tertiary/aromatic N) is 1. The average Bonchev–Trinajstić information content (AvgIpc) is 2.80. The zero-order chi connectivity index (χ0) is 14.2. The van der Waals surface area contributed by atoms with Crippen LogP contribution in [-0.2, 0) is 0 Å². The van der Waals surface area contributed by atoms with Gasteiger partial charge in [0.2, 0.25) is 0 Å². The molecule has 2 aromatic rings. The lowest BCUT2D eigenvalue weighted by atomic mass is 10.1. The van der Waals surface area contributed by atoms with E-state index in [4.69, 9.17) is 4.42 Å². The summed E-state index contributed by atoms with van der Waals surface area (Å²) in [6.45, 7) is 5.06. The number of aromatic nitrogens is 1. The molecule has 100 valence electrons. The molecule has 2 rings (SSSR count). The Morgan fingerprint density at radius 2 is 2.11 bits per heavy atom. The predicted molar refractivity (Wildman–Crippen MR) is 69.7 cm³/mol. The summed E-state index contributed by atoms with van der Waals surface area (Å²) in [4.78, 5) is 23.4. The molecule has 5 heteroatoms. The third-order valence-corrected chi connectivity index (χ3v) is 3.25. The molecule has 1 N–H and O–H groups in total. The maximum absolute atomic E-state index is 12.1. The number of carboxylic acids is 1. The smallest absolute Gasteiger partial charge is 0.337 e. The first kappa shape index (κ1) is 13.1. The summed E-state index contributed by atoms with van der Waals surface area (Å²) in [6, 6.07) is 4.49. The number of carboxylic acid groups (broad SMARTS) is 1. The Balaban J connectivity index is 2.67. The fraction of sp³-hybridized carbons (Fsp3) is 0.286. The first-order valence-electron chi connectivity index (χ1n) is 5.93. The van der Waals surface area contributed by atoms with E-state index in [-0.39, 0.29) is 17.2 Å². The van der Waals surface area contributed by atoms with Gasteiger partial charge in [-0.05, 0) is 38.5 Å². The molecule has 19 heavy (non-hydrogen) atoms. The molecule has 0 aromatic carbocycles. The third-order valence-electron chi connectivity index (χ3n) is 3.25. The van der Waals surface area contributed by atoms with Crippen molar-refractivity contribution in [2.75, 3.05) is 0 Å². The average molecular weight is 261 g/mol. The second kappa shape index (κ2) is 4.76. The molecule has 0 aliphatic rings. The van der Waals surface area contributed by atoms with Crippen molar-refractivity contribution < 1.29 is 14.3 Å². The second-order valence-electron chi connectivity index (χ2n) is 4.49. The van der Waals surface area contributed by atoms with Gasteiger partial charge < -0.3 is 14.1 Å². The molecule has 0 fully saturated rings. The van der Waals surface area contributed by atoms with E-state index in [2.05, 4.69) is 0 Å². The van der Waals surface area contributed by atoms with Gasteiger partial charge in [-0.25, -0.2) is 4.79 Å². The van der Waals surface area contributed by atoms with Crippen LogP contribution >= 0.6 is 0 Å². The Labute approximate surface area is 110 Å². The monoisotopic (exact) mass is 261 g/mol. The van der Waals surface area contributed by atoms with Crippen LogP contribution in [0.1, 0.15) is 40.3 Å². The van der Waals surface area contributed by atoms with Crippen molar-refractivity contribution in [2.45, 2.75) is 26.8 Å². The Hall–Kier alpha value is -2.30. The molecule has 0 aliphatic heterocycles. The second-order valence-corrected chi connectivity index (χ2v) is 4.49. The number of aryl methyl sites for hydroxylation is 1. The quantitative estimate of drug-likeness (QED) is 0.920. The normalized spacial score (nSPS) is 12.4. The number of hydrogen-bond acceptors (Lipinski definition) is 3. The van der Waals surface area contributed by atoms with E-state index in [1.165, 1.54) is 16.9 Å². The van der Waals surface area contributed by atoms with Crippen LogP contribution in [0.15, 0.2) is 33.7 Å². The lowest BCUT2D eigenvalue weighted by Crippen LogP contribution is -2.28. The summed E-state index contributed by atoms with van der Waals surface area (Å²) in [7, 11) is 0. The molecule has 0 aliphatic carbocycles. The van der Waals surface area contributed by atoms with Crippen molar-refractivity contribution in [1.29, 1.82) is 0 Å². The Morgan fingerprint density at radius 3 is 2.63 bits per heavy atom. The maximum atomic E-state index is 12.1. The molecule has 1 atom stereocenters. The van der Waals surface area contributed by atoms with Crippen LogP contribution in [0.4, 0.5) is 0 Å². The predicted octanol–water partition coefficient (Wildman–Crippen LogP) is 2.37. The standard InChI is InChI=1S/C14H15NO4/c1-8-7-12(16)15(10(3)13(8)14(17)18)9(2)11-5-4-6-19-11/h4-7,9H,1-3H3,(H,17,18). The molecule has 5 nitrogen and oxygen atoms in total. The van der Waals surface area contributed by atoms with Crippen LogP contribution in [0.3, 0.4) is 0 Å². The molecule has 0 saturated carbocycles. The van der Waals surface area contributed by atoms with Crippen LogP contribution in [0.25, 0.3) is 0 Å². The molecule has 0 amide bonds. The fourth-order valence-electron chi connectivity index (χ4n) is 2.36. The minimum absolute atomic E-state index is 0.165. The van der Waals surface area contributed by atoms with Gasteiger partial charge in [0.15, 0.2) is 0 Å². The Bertz CT molecular complexity index is 667. The lowest BCUT2D eigenvalue weighted by Gasteiger charge is -2.18. The van der Waals surface area contributed by atoms with Crippen LogP contribution in [0.2, 0.25) is 0 Å². The summed E-state index contributed by atoms with van der Waals surface area (Å²) in [6.07, 6.45) is 1.53. The van der Waals surface area contributed by atoms with E-state index >= 15 is 0 Å². The molecule has 2 aromatic heterocycles. The first-order valence-corrected chi connectivity index (χ1v) is 5.93. The maximum Gasteiger partial charge on any atom is 0.337 e. The molecule has 1 unspecified atom stereocenters. The van der Waals surface area contributed by atoms with E-state index in [0.29, 0.717) is 17.0 Å². The van der Waals surface area contributed by atoms with E-state index < -0.39 is 5.97 Å². The molecule has 0 saturated heterocycles. The molecule has 2 heterocycles. The Kier molecular flexibility index (Phi) is 3.29. The highest BCUT2D eigenvalue weighted by Crippen LogP contribution is 2.21. The van der Waals surface area contributed by atoms with E-state index in [1.807, 2.05) is 0 Å². The number of aromatic carboxylic acids is 1. The topological polar surface area (TPSA) is 72.4 Å². The number of pyridine rings is 1. The summed E-state index contributed by atoms with van der Waals surface area (Å²) >= 11 is 0. The van der Waals surface area contributed by atoms with E-state index in [0.717, 1.165) is 0 Å². The van der Waals surface area contributed by atoms with Gasteiger partial charge in [0, 0.05) is 11.8 Å². The zero-order valence-electron chi connectivity index (χ0n) is 11.0. The van der Waals surface area contributed by atoms with Gasteiger partial charge in [-0.2, -0.15) is 0 Å². The van der Waals surface area contributed by atoms with E-state index in [9.17, 15) is 14.7 Å². The van der Waals surface area contributed by atoms with Gasteiger partial charge in [-0.15, -0.1) is 0 Å². The number of hydrogen-bond donors (Lipinski definition) is 1. The number of rotatable bonds is 3.